The summed E-state index contributed by atoms with van der Waals surface area (Å²) in [5.74, 6) is 0. The van der Waals surface area contributed by atoms with Crippen molar-refractivity contribution in [1.82, 2.24) is 29.2 Å². The largest absolute Gasteiger partial charge is 0.490 e. The minimum absolute atomic E-state index is 0.593. The SMILES string of the molecule is CCCCCCN(C)C.CCCCCCN(C)C.CCCCCCN(C)C.CCCCCCN(C)C.C[C@@]1(F)[C@H](O)[C@@H](COP(=O)(O)OP(=O)(O)OP(=O)(O)O)O[C@H]1n1ccc(=O)[nH]c1=O. The molecule has 1 aromatic heterocycles. The number of rotatable bonds is 28. The smallest absolute Gasteiger partial charge is 0.387 e. The quantitative estimate of drug-likeness (QED) is 0.0353. The van der Waals surface area contributed by atoms with E-state index in [0.717, 1.165) is 19.2 Å². The number of hydrogen-bond acceptors (Lipinski definition) is 14. The molecule has 66 heavy (non-hydrogen) atoms. The van der Waals surface area contributed by atoms with Crippen molar-refractivity contribution in [3.05, 3.63) is 33.1 Å². The average molecular weight is 1020 g/mol. The highest BCUT2D eigenvalue weighted by Gasteiger charge is 2.56. The lowest BCUT2D eigenvalue weighted by Gasteiger charge is -2.24. The molecule has 1 aromatic rings. The Morgan fingerprint density at radius 1 is 0.652 bits per heavy atom. The Labute approximate surface area is 396 Å². The van der Waals surface area contributed by atoms with Gasteiger partial charge in [-0.05, 0) is 115 Å². The summed E-state index contributed by atoms with van der Waals surface area (Å²) in [6.45, 7) is 13.7. The van der Waals surface area contributed by atoms with Gasteiger partial charge in [-0.1, -0.05) is 105 Å². The summed E-state index contributed by atoms with van der Waals surface area (Å²) in [5, 5.41) is 10.1. The Morgan fingerprint density at radius 2 is 1.02 bits per heavy atom. The van der Waals surface area contributed by atoms with E-state index in [1.54, 1.807) is 0 Å². The average Bonchev–Trinajstić information content (AvgIpc) is 3.40. The number of aromatic amines is 1. The number of ether oxygens (including phenoxy) is 1. The van der Waals surface area contributed by atoms with Crippen LogP contribution in [0.4, 0.5) is 4.39 Å². The van der Waals surface area contributed by atoms with Crippen LogP contribution in [0, 0.1) is 0 Å². The Bertz CT molecular complexity index is 1540. The molecule has 0 amide bonds. The van der Waals surface area contributed by atoms with Gasteiger partial charge in [-0.2, -0.15) is 8.62 Å². The molecular weight excluding hydrogens is 924 g/mol. The first-order valence-electron chi connectivity index (χ1n) is 23.2. The van der Waals surface area contributed by atoms with E-state index in [9.17, 15) is 37.7 Å². The van der Waals surface area contributed by atoms with Gasteiger partial charge in [0.1, 0.15) is 12.2 Å². The van der Waals surface area contributed by atoms with Crippen LogP contribution in [-0.2, 0) is 31.6 Å². The van der Waals surface area contributed by atoms with Crippen molar-refractivity contribution < 1.29 is 60.6 Å². The van der Waals surface area contributed by atoms with Gasteiger partial charge in [0.15, 0.2) is 11.9 Å². The molecule has 0 aromatic carbocycles. The van der Waals surface area contributed by atoms with Crippen molar-refractivity contribution in [3.8, 4) is 0 Å². The Hall–Kier alpha value is -1.22. The summed E-state index contributed by atoms with van der Waals surface area (Å²) in [6.07, 6.45) is 17.3. The van der Waals surface area contributed by atoms with Crippen LogP contribution in [0.25, 0.3) is 0 Å². The lowest BCUT2D eigenvalue weighted by molar-refractivity contribution is -0.0604. The maximum Gasteiger partial charge on any atom is 0.490 e. The van der Waals surface area contributed by atoms with E-state index < -0.39 is 65.4 Å². The van der Waals surface area contributed by atoms with E-state index >= 15 is 0 Å². The summed E-state index contributed by atoms with van der Waals surface area (Å²) in [6, 6.07) is 0.868. The third-order valence-corrected chi connectivity index (χ3v) is 13.3. The molecule has 0 radical (unpaired) electrons. The number of phosphoric ester groups is 1. The van der Waals surface area contributed by atoms with Crippen LogP contribution in [0.2, 0.25) is 0 Å². The molecule has 2 unspecified atom stereocenters. The summed E-state index contributed by atoms with van der Waals surface area (Å²) in [7, 11) is 0.152. The summed E-state index contributed by atoms with van der Waals surface area (Å²) in [5.41, 5.74) is -4.55. The maximum atomic E-state index is 14.9. The van der Waals surface area contributed by atoms with E-state index in [0.29, 0.717) is 4.57 Å². The molecule has 2 heterocycles. The number of nitrogens with zero attached hydrogens (tertiary/aromatic N) is 5. The minimum Gasteiger partial charge on any atom is -0.387 e. The van der Waals surface area contributed by atoms with Crippen LogP contribution < -0.4 is 11.2 Å². The van der Waals surface area contributed by atoms with Crippen molar-refractivity contribution in [2.45, 2.75) is 161 Å². The number of hydrogen-bond donors (Lipinski definition) is 6. The van der Waals surface area contributed by atoms with Gasteiger partial charge in [-0.3, -0.25) is 18.9 Å². The van der Waals surface area contributed by atoms with E-state index in [-0.39, 0.29) is 0 Å². The van der Waals surface area contributed by atoms with Gasteiger partial charge in [-0.25, -0.2) is 22.9 Å². The summed E-state index contributed by atoms with van der Waals surface area (Å²) < 4.78 is 65.4. The number of aliphatic hydroxyl groups is 1. The summed E-state index contributed by atoms with van der Waals surface area (Å²) in [4.78, 5) is 69.1. The monoisotopic (exact) mass is 1020 g/mol. The van der Waals surface area contributed by atoms with Crippen LogP contribution in [-0.4, -0.2) is 161 Å². The second-order valence-corrected chi connectivity index (χ2v) is 21.9. The molecule has 24 heteroatoms. The topological polar surface area (TPSA) is 257 Å². The van der Waals surface area contributed by atoms with Gasteiger partial charge in [0, 0.05) is 12.3 Å². The second-order valence-electron chi connectivity index (χ2n) is 17.5. The van der Waals surface area contributed by atoms with Crippen molar-refractivity contribution in [1.29, 1.82) is 0 Å². The molecule has 0 saturated carbocycles. The molecule has 2 rings (SSSR count). The van der Waals surface area contributed by atoms with Crippen molar-refractivity contribution in [2.24, 2.45) is 0 Å². The first-order valence-corrected chi connectivity index (χ1v) is 27.7. The predicted octanol–water partition coefficient (Wildman–Crippen LogP) is 7.38. The zero-order chi connectivity index (χ0) is 51.6. The number of aromatic nitrogens is 2. The molecule has 1 saturated heterocycles. The Morgan fingerprint density at radius 3 is 1.32 bits per heavy atom. The Balaban J connectivity index is -0.000000896. The molecule has 396 valence electrons. The number of H-pyrrole nitrogens is 1. The molecule has 1 aliphatic heterocycles. The number of phosphoric acid groups is 3. The van der Waals surface area contributed by atoms with E-state index in [2.05, 4.69) is 117 Å². The molecule has 6 N–H and O–H groups in total. The number of alkyl halides is 1. The van der Waals surface area contributed by atoms with Crippen LogP contribution in [0.3, 0.4) is 0 Å². The van der Waals surface area contributed by atoms with Gasteiger partial charge >= 0.3 is 29.2 Å². The standard InChI is InChI=1S/C10H16FN2O14P3.4C8H19N/c1-10(11)7(15)5(25-8(10)13-3-2-6(14)12-9(13)16)4-24-29(20,21)27-30(22,23)26-28(17,18)19;4*1-4-5-6-7-8-9(2)3/h2-3,5,7-8,15H,4H2,1H3,(H,20,21)(H,22,23)(H,12,14,16)(H2,17,18,19);4*4-8H2,1-3H3/t5-,7-,8-,10-;;;;/m1..../s1. The van der Waals surface area contributed by atoms with E-state index in [1.807, 2.05) is 4.98 Å². The number of unbranched alkanes of at least 4 members (excludes halogenated alkanes) is 12. The van der Waals surface area contributed by atoms with Crippen molar-refractivity contribution >= 4 is 23.5 Å². The molecule has 1 aliphatic rings. The Kier molecular flexibility index (Phi) is 40.3. The van der Waals surface area contributed by atoms with Gasteiger partial charge in [-0.15, -0.1) is 0 Å². The first-order chi connectivity index (χ1) is 30.5. The molecule has 0 aliphatic carbocycles. The molecule has 0 spiro atoms. The molecular formula is C42H92FN6O14P3. The van der Waals surface area contributed by atoms with Gasteiger partial charge in [0.25, 0.3) is 5.56 Å². The highest BCUT2D eigenvalue weighted by molar-refractivity contribution is 7.66. The van der Waals surface area contributed by atoms with Crippen LogP contribution >= 0.6 is 23.5 Å². The molecule has 20 nitrogen and oxygen atoms in total. The van der Waals surface area contributed by atoms with E-state index in [1.165, 1.54) is 129 Å². The van der Waals surface area contributed by atoms with Gasteiger partial charge in [0.05, 0.1) is 6.61 Å². The predicted molar refractivity (Wildman–Crippen MR) is 261 cm³/mol. The van der Waals surface area contributed by atoms with Gasteiger partial charge in [0.2, 0.25) is 0 Å². The number of nitrogens with one attached hydrogen (secondary N) is 1. The summed E-state index contributed by atoms with van der Waals surface area (Å²) >= 11 is 0. The van der Waals surface area contributed by atoms with Crippen LogP contribution in [0.1, 0.15) is 144 Å². The molecule has 6 atom stereocenters. The van der Waals surface area contributed by atoms with Crippen molar-refractivity contribution in [3.63, 3.8) is 0 Å². The van der Waals surface area contributed by atoms with Crippen molar-refractivity contribution in [2.75, 3.05) is 89.2 Å². The fourth-order valence-corrected chi connectivity index (χ4v) is 8.88. The maximum absolute atomic E-state index is 14.9. The first kappa shape index (κ1) is 69.0. The molecule has 1 fully saturated rings. The fraction of sp³-hybridized carbons (Fsp3) is 0.905. The minimum atomic E-state index is -5.77. The zero-order valence-electron chi connectivity index (χ0n) is 42.6. The normalized spacial score (nSPS) is 20.0. The van der Waals surface area contributed by atoms with Gasteiger partial charge < -0.3 is 49.0 Å². The zero-order valence-corrected chi connectivity index (χ0v) is 45.3. The fourth-order valence-electron chi connectivity index (χ4n) is 5.85. The van der Waals surface area contributed by atoms with Crippen LogP contribution in [0.15, 0.2) is 21.9 Å². The third-order valence-electron chi connectivity index (χ3n) is 9.47. The third kappa shape index (κ3) is 39.6. The highest BCUT2D eigenvalue weighted by atomic mass is 31.3. The number of halogens is 1. The number of aliphatic hydroxyl groups excluding tert-OH is 1. The van der Waals surface area contributed by atoms with E-state index in [4.69, 9.17) is 19.4 Å². The second kappa shape index (κ2) is 38.5. The lowest BCUT2D eigenvalue weighted by Crippen LogP contribution is -2.43. The van der Waals surface area contributed by atoms with Crippen LogP contribution in [0.5, 0.6) is 0 Å². The molecule has 0 bridgehead atoms. The highest BCUT2D eigenvalue weighted by Crippen LogP contribution is 2.66. The lowest BCUT2D eigenvalue weighted by atomic mass is 9.98.